The Bertz CT molecular complexity index is 1340. The molecule has 4 aromatic rings. The molecule has 0 unspecified atom stereocenters. The number of methoxy groups -OCH3 is 2. The van der Waals surface area contributed by atoms with Crippen LogP contribution in [0.1, 0.15) is 0 Å². The van der Waals surface area contributed by atoms with Crippen LogP contribution < -0.4 is 14.8 Å². The van der Waals surface area contributed by atoms with Crippen molar-refractivity contribution < 1.29 is 14.3 Å². The van der Waals surface area contributed by atoms with E-state index in [-0.39, 0.29) is 5.91 Å². The zero-order chi connectivity index (χ0) is 24.1. The number of ether oxygens (including phenoxy) is 2. The van der Waals surface area contributed by atoms with Gasteiger partial charge in [0, 0.05) is 65.5 Å². The minimum Gasteiger partial charge on any atom is -0.497 e. The predicted octanol–water partition coefficient (Wildman–Crippen LogP) is 4.37. The SMILES string of the molecule is COc1cc(NC(=O)/C=C/CN(C)C)cc(-c2cnc3[nH]cc(-c4ccnc(OC)c4)c3c2)c1. The maximum Gasteiger partial charge on any atom is 0.248 e. The highest BCUT2D eigenvalue weighted by molar-refractivity contribution is 6.00. The lowest BCUT2D eigenvalue weighted by Gasteiger charge is -2.10. The van der Waals surface area contributed by atoms with E-state index in [9.17, 15) is 4.79 Å². The Kier molecular flexibility index (Phi) is 6.89. The van der Waals surface area contributed by atoms with Gasteiger partial charge in [-0.1, -0.05) is 6.08 Å². The highest BCUT2D eigenvalue weighted by Crippen LogP contribution is 2.34. The van der Waals surface area contributed by atoms with Gasteiger partial charge in [-0.2, -0.15) is 0 Å². The lowest BCUT2D eigenvalue weighted by atomic mass is 10.0. The number of nitrogens with zero attached hydrogens (tertiary/aromatic N) is 3. The van der Waals surface area contributed by atoms with Crippen LogP contribution in [-0.2, 0) is 4.79 Å². The first kappa shape index (κ1) is 23.0. The van der Waals surface area contributed by atoms with Gasteiger partial charge in [0.2, 0.25) is 11.8 Å². The van der Waals surface area contributed by atoms with Gasteiger partial charge in [-0.3, -0.25) is 4.79 Å². The molecule has 0 saturated carbocycles. The zero-order valence-corrected chi connectivity index (χ0v) is 19.6. The van der Waals surface area contributed by atoms with Crippen LogP contribution in [0.2, 0.25) is 0 Å². The third-order valence-electron chi connectivity index (χ3n) is 5.27. The second-order valence-corrected chi connectivity index (χ2v) is 8.01. The third kappa shape index (κ3) is 5.24. The highest BCUT2D eigenvalue weighted by atomic mass is 16.5. The number of hydrogen-bond donors (Lipinski definition) is 2. The Hall–Kier alpha value is -4.17. The Morgan fingerprint density at radius 1 is 1.06 bits per heavy atom. The molecule has 0 atom stereocenters. The van der Waals surface area contributed by atoms with Gasteiger partial charge in [0.1, 0.15) is 11.4 Å². The van der Waals surface area contributed by atoms with Gasteiger partial charge in [0.05, 0.1) is 14.2 Å². The fourth-order valence-corrected chi connectivity index (χ4v) is 3.60. The number of carbonyl (C=O) groups excluding carboxylic acids is 1. The van der Waals surface area contributed by atoms with Gasteiger partial charge < -0.3 is 24.7 Å². The van der Waals surface area contributed by atoms with E-state index < -0.39 is 0 Å². The van der Waals surface area contributed by atoms with E-state index in [4.69, 9.17) is 9.47 Å². The van der Waals surface area contributed by atoms with Crippen molar-refractivity contribution in [2.45, 2.75) is 0 Å². The molecule has 2 N–H and O–H groups in total. The van der Waals surface area contributed by atoms with Crippen molar-refractivity contribution in [1.82, 2.24) is 19.9 Å². The van der Waals surface area contributed by atoms with Crippen LogP contribution in [0.3, 0.4) is 0 Å². The quantitative estimate of drug-likeness (QED) is 0.382. The number of rotatable bonds is 8. The number of fused-ring (bicyclic) bond motifs is 1. The minimum atomic E-state index is -0.200. The summed E-state index contributed by atoms with van der Waals surface area (Å²) >= 11 is 0. The number of aromatic amines is 1. The fourth-order valence-electron chi connectivity index (χ4n) is 3.60. The van der Waals surface area contributed by atoms with Crippen LogP contribution in [0, 0.1) is 0 Å². The maximum atomic E-state index is 12.3. The van der Waals surface area contributed by atoms with E-state index >= 15 is 0 Å². The van der Waals surface area contributed by atoms with Crippen molar-refractivity contribution in [2.75, 3.05) is 40.2 Å². The molecule has 8 nitrogen and oxygen atoms in total. The van der Waals surface area contributed by atoms with Gasteiger partial charge in [0.15, 0.2) is 0 Å². The molecule has 0 spiro atoms. The number of H-pyrrole nitrogens is 1. The number of likely N-dealkylation sites (N-methyl/N-ethyl adjacent to an activating group) is 1. The molecule has 0 bridgehead atoms. The van der Waals surface area contributed by atoms with Crippen molar-refractivity contribution >= 4 is 22.6 Å². The van der Waals surface area contributed by atoms with E-state index in [2.05, 4.69) is 26.3 Å². The van der Waals surface area contributed by atoms with Crippen molar-refractivity contribution in [1.29, 1.82) is 0 Å². The summed E-state index contributed by atoms with van der Waals surface area (Å²) in [5.74, 6) is 0.983. The summed E-state index contributed by atoms with van der Waals surface area (Å²) in [6.07, 6.45) is 8.78. The van der Waals surface area contributed by atoms with Crippen molar-refractivity contribution in [3.63, 3.8) is 0 Å². The summed E-state index contributed by atoms with van der Waals surface area (Å²) in [5.41, 5.74) is 5.15. The Labute approximate surface area is 198 Å². The molecule has 4 rings (SSSR count). The van der Waals surface area contributed by atoms with Crippen molar-refractivity contribution in [3.05, 3.63) is 67.1 Å². The number of amides is 1. The second-order valence-electron chi connectivity index (χ2n) is 8.01. The van der Waals surface area contributed by atoms with E-state index in [1.54, 1.807) is 32.7 Å². The molecule has 34 heavy (non-hydrogen) atoms. The van der Waals surface area contributed by atoms with Crippen LogP contribution >= 0.6 is 0 Å². The van der Waals surface area contributed by atoms with Crippen LogP contribution in [-0.4, -0.2) is 60.6 Å². The first-order chi connectivity index (χ1) is 16.5. The van der Waals surface area contributed by atoms with Crippen LogP contribution in [0.5, 0.6) is 11.6 Å². The maximum absolute atomic E-state index is 12.3. The number of aromatic nitrogens is 3. The molecular weight excluding hydrogens is 430 g/mol. The molecule has 0 saturated heterocycles. The van der Waals surface area contributed by atoms with Gasteiger partial charge in [-0.05, 0) is 49.5 Å². The molecule has 0 fully saturated rings. The van der Waals surface area contributed by atoms with Gasteiger partial charge in [-0.25, -0.2) is 9.97 Å². The van der Waals surface area contributed by atoms with Gasteiger partial charge >= 0.3 is 0 Å². The summed E-state index contributed by atoms with van der Waals surface area (Å²) in [7, 11) is 7.09. The molecular formula is C26H27N5O3. The zero-order valence-electron chi connectivity index (χ0n) is 19.6. The molecule has 174 valence electrons. The minimum absolute atomic E-state index is 0.200. The first-order valence-electron chi connectivity index (χ1n) is 10.8. The number of benzene rings is 1. The van der Waals surface area contributed by atoms with Crippen LogP contribution in [0.15, 0.2) is 67.1 Å². The lowest BCUT2D eigenvalue weighted by molar-refractivity contribution is -0.111. The Balaban J connectivity index is 1.69. The summed E-state index contributed by atoms with van der Waals surface area (Å²) in [6, 6.07) is 11.5. The van der Waals surface area contributed by atoms with Gasteiger partial charge in [0.25, 0.3) is 0 Å². The van der Waals surface area contributed by atoms with E-state index in [0.717, 1.165) is 33.3 Å². The summed E-state index contributed by atoms with van der Waals surface area (Å²) in [5, 5.41) is 3.87. The number of carbonyl (C=O) groups is 1. The second kappa shape index (κ2) is 10.2. The third-order valence-corrected chi connectivity index (χ3v) is 5.27. The molecule has 3 aromatic heterocycles. The largest absolute Gasteiger partial charge is 0.497 e. The summed E-state index contributed by atoms with van der Waals surface area (Å²) < 4.78 is 10.8. The summed E-state index contributed by atoms with van der Waals surface area (Å²) in [6.45, 7) is 0.685. The molecule has 0 radical (unpaired) electrons. The lowest BCUT2D eigenvalue weighted by Crippen LogP contribution is -2.13. The standard InChI is InChI=1S/C26H27N5O3/c1-31(2)9-5-6-24(32)30-20-10-18(11-21(14-20)33-3)19-12-22-23(16-29-26(22)28-15-19)17-7-8-27-25(13-17)34-4/h5-8,10-16H,9H2,1-4H3,(H,28,29)(H,30,32)/b6-5+. The van der Waals surface area contributed by atoms with Crippen LogP contribution in [0.4, 0.5) is 5.69 Å². The first-order valence-corrected chi connectivity index (χ1v) is 10.8. The highest BCUT2D eigenvalue weighted by Gasteiger charge is 2.12. The molecule has 0 aliphatic rings. The molecule has 8 heteroatoms. The average molecular weight is 458 g/mol. The molecule has 0 aliphatic carbocycles. The van der Waals surface area contributed by atoms with E-state index in [0.29, 0.717) is 23.9 Å². The smallest absolute Gasteiger partial charge is 0.248 e. The number of pyridine rings is 2. The Morgan fingerprint density at radius 2 is 1.91 bits per heavy atom. The monoisotopic (exact) mass is 457 g/mol. The molecule has 3 heterocycles. The number of anilines is 1. The number of nitrogens with one attached hydrogen (secondary N) is 2. The normalized spacial score (nSPS) is 11.3. The van der Waals surface area contributed by atoms with Crippen LogP contribution in [0.25, 0.3) is 33.3 Å². The Morgan fingerprint density at radius 3 is 2.68 bits per heavy atom. The van der Waals surface area contributed by atoms with Gasteiger partial charge in [-0.15, -0.1) is 0 Å². The average Bonchev–Trinajstić information content (AvgIpc) is 3.27. The van der Waals surface area contributed by atoms with Crippen molar-refractivity contribution in [3.8, 4) is 33.9 Å². The molecule has 1 aromatic carbocycles. The summed E-state index contributed by atoms with van der Waals surface area (Å²) in [4.78, 5) is 26.3. The predicted molar refractivity (Wildman–Crippen MR) is 134 cm³/mol. The van der Waals surface area contributed by atoms with E-state index in [1.165, 1.54) is 6.08 Å². The van der Waals surface area contributed by atoms with Crippen molar-refractivity contribution in [2.24, 2.45) is 0 Å². The number of hydrogen-bond acceptors (Lipinski definition) is 6. The topological polar surface area (TPSA) is 92.4 Å². The fraction of sp³-hybridized carbons (Fsp3) is 0.192. The molecule has 0 aliphatic heterocycles. The molecule has 1 amide bonds. The van der Waals surface area contributed by atoms with E-state index in [1.807, 2.05) is 55.5 Å².